The first kappa shape index (κ1) is 18.5. The highest BCUT2D eigenvalue weighted by molar-refractivity contribution is 7.16. The van der Waals surface area contributed by atoms with Crippen LogP contribution in [0, 0.1) is 24.8 Å². The molecule has 1 aliphatic rings. The average Bonchev–Trinajstić information content (AvgIpc) is 3.31. The van der Waals surface area contributed by atoms with E-state index in [1.54, 1.807) is 0 Å². The molecule has 6 nitrogen and oxygen atoms in total. The van der Waals surface area contributed by atoms with Crippen molar-refractivity contribution in [1.82, 2.24) is 14.9 Å². The highest BCUT2D eigenvalue weighted by Gasteiger charge is 2.20. The molecule has 0 saturated carbocycles. The second-order valence-corrected chi connectivity index (χ2v) is 8.09. The van der Waals surface area contributed by atoms with Crippen molar-refractivity contribution >= 4 is 33.1 Å². The minimum atomic E-state index is 0.696. The number of thiazole rings is 1. The number of H-pyrrole nitrogens is 1. The Labute approximate surface area is 168 Å². The highest BCUT2D eigenvalue weighted by Crippen LogP contribution is 2.27. The Morgan fingerprint density at radius 3 is 2.86 bits per heavy atom. The van der Waals surface area contributed by atoms with Crippen molar-refractivity contribution in [2.45, 2.75) is 19.8 Å². The van der Waals surface area contributed by atoms with E-state index in [9.17, 15) is 0 Å². The van der Waals surface area contributed by atoms with Gasteiger partial charge in [-0.2, -0.15) is 5.26 Å². The van der Waals surface area contributed by atoms with E-state index in [4.69, 9.17) is 11.8 Å². The molecule has 4 rings (SSSR count). The molecule has 3 heterocycles. The molecule has 0 aliphatic carbocycles. The standard InChI is InChI=1S/C21H22N6S/c1-15-20(13-22)28-21(25-15)27-10-8-26(9-11-27)7-3-4-16-14-24-19-6-5-17(23-2)12-18(16)19/h5-6,12,14,24H,3-4,7-11H2,1H3. The Morgan fingerprint density at radius 2 is 2.14 bits per heavy atom. The first-order valence-corrected chi connectivity index (χ1v) is 10.3. The predicted molar refractivity (Wildman–Crippen MR) is 113 cm³/mol. The highest BCUT2D eigenvalue weighted by atomic mass is 32.1. The smallest absolute Gasteiger partial charge is 0.187 e. The van der Waals surface area contributed by atoms with Gasteiger partial charge in [0.15, 0.2) is 10.8 Å². The number of nitrogens with zero attached hydrogens (tertiary/aromatic N) is 5. The van der Waals surface area contributed by atoms with Gasteiger partial charge in [0.25, 0.3) is 0 Å². The fourth-order valence-corrected chi connectivity index (χ4v) is 4.64. The van der Waals surface area contributed by atoms with Crippen LogP contribution in [0.3, 0.4) is 0 Å². The zero-order valence-electron chi connectivity index (χ0n) is 15.9. The van der Waals surface area contributed by atoms with E-state index in [0.717, 1.165) is 66.8 Å². The quantitative estimate of drug-likeness (QED) is 0.666. The fraction of sp³-hybridized carbons (Fsp3) is 0.381. The van der Waals surface area contributed by atoms with E-state index < -0.39 is 0 Å². The number of benzene rings is 1. The molecule has 3 aromatic rings. The van der Waals surface area contributed by atoms with E-state index in [2.05, 4.69) is 36.9 Å². The van der Waals surface area contributed by atoms with Crippen LogP contribution in [-0.4, -0.2) is 47.6 Å². The number of nitriles is 1. The molecule has 1 fully saturated rings. The van der Waals surface area contributed by atoms with Crippen molar-refractivity contribution in [1.29, 1.82) is 5.26 Å². The van der Waals surface area contributed by atoms with Crippen LogP contribution in [-0.2, 0) is 6.42 Å². The second-order valence-electron chi connectivity index (χ2n) is 7.11. The summed E-state index contributed by atoms with van der Waals surface area (Å²) in [5.41, 5.74) is 3.93. The lowest BCUT2D eigenvalue weighted by atomic mass is 10.1. The number of hydrogen-bond acceptors (Lipinski definition) is 5. The summed E-state index contributed by atoms with van der Waals surface area (Å²) >= 11 is 1.50. The summed E-state index contributed by atoms with van der Waals surface area (Å²) in [7, 11) is 0. The molecule has 1 N–H and O–H groups in total. The maximum atomic E-state index is 9.12. The third kappa shape index (κ3) is 3.73. The van der Waals surface area contributed by atoms with Gasteiger partial charge in [0, 0.05) is 37.9 Å². The monoisotopic (exact) mass is 390 g/mol. The number of hydrogen-bond donors (Lipinski definition) is 1. The van der Waals surface area contributed by atoms with Crippen molar-refractivity contribution in [3.63, 3.8) is 0 Å². The normalized spacial score (nSPS) is 14.9. The molecule has 0 radical (unpaired) electrons. The van der Waals surface area contributed by atoms with Gasteiger partial charge in [-0.05, 0) is 49.4 Å². The summed E-state index contributed by atoms with van der Waals surface area (Å²) in [5.74, 6) is 0. The van der Waals surface area contributed by atoms with Gasteiger partial charge in [-0.25, -0.2) is 9.83 Å². The van der Waals surface area contributed by atoms with Gasteiger partial charge in [-0.15, -0.1) is 0 Å². The minimum absolute atomic E-state index is 0.696. The van der Waals surface area contributed by atoms with Crippen LogP contribution in [0.15, 0.2) is 24.4 Å². The molecule has 7 heteroatoms. The van der Waals surface area contributed by atoms with Crippen molar-refractivity contribution < 1.29 is 0 Å². The molecule has 2 aromatic heterocycles. The fourth-order valence-electron chi connectivity index (χ4n) is 3.72. The summed E-state index contributed by atoms with van der Waals surface area (Å²) in [4.78, 5) is 16.9. The van der Waals surface area contributed by atoms with Crippen LogP contribution in [0.25, 0.3) is 15.7 Å². The second kappa shape index (κ2) is 8.02. The molecule has 0 unspecified atom stereocenters. The Balaban J connectivity index is 1.29. The van der Waals surface area contributed by atoms with Crippen LogP contribution in [0.5, 0.6) is 0 Å². The Morgan fingerprint density at radius 1 is 1.32 bits per heavy atom. The number of aryl methyl sites for hydroxylation is 2. The SMILES string of the molecule is [C-]#[N+]c1ccc2[nH]cc(CCCN3CCN(c4nc(C)c(C#N)s4)CC3)c2c1. The molecule has 142 valence electrons. The summed E-state index contributed by atoms with van der Waals surface area (Å²) in [6.07, 6.45) is 4.19. The minimum Gasteiger partial charge on any atom is -0.361 e. The van der Waals surface area contributed by atoms with Crippen molar-refractivity contribution in [3.8, 4) is 6.07 Å². The molecule has 1 saturated heterocycles. The van der Waals surface area contributed by atoms with Gasteiger partial charge in [-0.3, -0.25) is 4.90 Å². The first-order chi connectivity index (χ1) is 13.7. The molecule has 0 bridgehead atoms. The molecule has 0 atom stereocenters. The predicted octanol–water partition coefficient (Wildman–Crippen LogP) is 4.11. The molecule has 0 spiro atoms. The van der Waals surface area contributed by atoms with Crippen molar-refractivity contribution in [3.05, 3.63) is 51.9 Å². The van der Waals surface area contributed by atoms with Gasteiger partial charge >= 0.3 is 0 Å². The Bertz CT molecular complexity index is 1060. The van der Waals surface area contributed by atoms with E-state index in [1.807, 2.05) is 25.1 Å². The number of aromatic nitrogens is 2. The Kier molecular flexibility index (Phi) is 5.29. The lowest BCUT2D eigenvalue weighted by molar-refractivity contribution is 0.255. The first-order valence-electron chi connectivity index (χ1n) is 9.50. The molecule has 28 heavy (non-hydrogen) atoms. The third-order valence-corrected chi connectivity index (χ3v) is 6.45. The lowest BCUT2D eigenvalue weighted by Crippen LogP contribution is -2.46. The maximum Gasteiger partial charge on any atom is 0.187 e. The van der Waals surface area contributed by atoms with Gasteiger partial charge < -0.3 is 9.88 Å². The number of piperazine rings is 1. The molecular weight excluding hydrogens is 368 g/mol. The lowest BCUT2D eigenvalue weighted by Gasteiger charge is -2.34. The van der Waals surface area contributed by atoms with Crippen molar-refractivity contribution in [2.24, 2.45) is 0 Å². The number of rotatable bonds is 5. The van der Waals surface area contributed by atoms with Gasteiger partial charge in [0.1, 0.15) is 10.9 Å². The number of anilines is 1. The van der Waals surface area contributed by atoms with Gasteiger partial charge in [-0.1, -0.05) is 17.4 Å². The average molecular weight is 391 g/mol. The Hall–Kier alpha value is -2.87. The third-order valence-electron chi connectivity index (χ3n) is 5.33. The van der Waals surface area contributed by atoms with E-state index in [-0.39, 0.29) is 0 Å². The number of nitrogens with one attached hydrogen (secondary N) is 1. The maximum absolute atomic E-state index is 9.12. The molecular formula is C21H22N6S. The molecule has 0 amide bonds. The van der Waals surface area contributed by atoms with Crippen LogP contribution in [0.1, 0.15) is 22.6 Å². The van der Waals surface area contributed by atoms with Crippen LogP contribution in [0.2, 0.25) is 0 Å². The van der Waals surface area contributed by atoms with E-state index in [1.165, 1.54) is 22.3 Å². The molecule has 1 aliphatic heterocycles. The zero-order valence-corrected chi connectivity index (χ0v) is 16.7. The number of aromatic amines is 1. The van der Waals surface area contributed by atoms with E-state index in [0.29, 0.717) is 5.69 Å². The van der Waals surface area contributed by atoms with E-state index >= 15 is 0 Å². The summed E-state index contributed by atoms with van der Waals surface area (Å²) in [6, 6.07) is 8.06. The largest absolute Gasteiger partial charge is 0.361 e. The van der Waals surface area contributed by atoms with Crippen LogP contribution < -0.4 is 4.90 Å². The van der Waals surface area contributed by atoms with Crippen molar-refractivity contribution in [2.75, 3.05) is 37.6 Å². The van der Waals surface area contributed by atoms with Gasteiger partial charge in [0.05, 0.1) is 12.3 Å². The topological polar surface area (TPSA) is 63.3 Å². The zero-order chi connectivity index (χ0) is 19.5. The summed E-state index contributed by atoms with van der Waals surface area (Å²) in [6.45, 7) is 14.1. The van der Waals surface area contributed by atoms with Gasteiger partial charge in [0.2, 0.25) is 0 Å². The molecule has 1 aromatic carbocycles. The van der Waals surface area contributed by atoms with Crippen LogP contribution >= 0.6 is 11.3 Å². The van der Waals surface area contributed by atoms with Crippen LogP contribution in [0.4, 0.5) is 10.8 Å². The number of fused-ring (bicyclic) bond motifs is 1. The summed E-state index contributed by atoms with van der Waals surface area (Å²) in [5, 5.41) is 11.3. The summed E-state index contributed by atoms with van der Waals surface area (Å²) < 4.78 is 0.